The molecule has 1 aliphatic carbocycles. The number of para-hydroxylation sites is 1. The molecule has 164 valence electrons. The van der Waals surface area contributed by atoms with Crippen molar-refractivity contribution < 1.29 is 0 Å². The van der Waals surface area contributed by atoms with E-state index in [4.69, 9.17) is 9.97 Å². The van der Waals surface area contributed by atoms with Crippen LogP contribution in [0.4, 0.5) is 11.8 Å². The topological polar surface area (TPSA) is 53.1 Å². The minimum Gasteiger partial charge on any atom is -0.362 e. The average Bonchev–Trinajstić information content (AvgIpc) is 2.73. The molecule has 2 aromatic carbocycles. The fraction of sp³-hybridized carbons (Fsp3) is 0.462. The number of rotatable bonds is 7. The van der Waals surface area contributed by atoms with Gasteiger partial charge in [0.2, 0.25) is 5.95 Å². The van der Waals surface area contributed by atoms with Crippen molar-refractivity contribution >= 4 is 22.7 Å². The molecule has 0 atom stereocenters. The Labute approximate surface area is 186 Å². The Kier molecular flexibility index (Phi) is 6.71. The Balaban J connectivity index is 1.29. The van der Waals surface area contributed by atoms with Crippen molar-refractivity contribution in [1.29, 1.82) is 0 Å². The van der Waals surface area contributed by atoms with Gasteiger partial charge in [0.1, 0.15) is 5.82 Å². The highest BCUT2D eigenvalue weighted by Crippen LogP contribution is 2.28. The summed E-state index contributed by atoms with van der Waals surface area (Å²) >= 11 is 0. The van der Waals surface area contributed by atoms with Crippen molar-refractivity contribution in [2.24, 2.45) is 5.92 Å². The zero-order chi connectivity index (χ0) is 21.8. The van der Waals surface area contributed by atoms with Crippen molar-refractivity contribution in [3.05, 3.63) is 59.2 Å². The van der Waals surface area contributed by atoms with Gasteiger partial charge in [-0.2, -0.15) is 4.98 Å². The summed E-state index contributed by atoms with van der Waals surface area (Å²) in [7, 11) is 4.07. The molecule has 0 spiro atoms. The second-order valence-electron chi connectivity index (χ2n) is 9.27. The van der Waals surface area contributed by atoms with E-state index in [1.54, 1.807) is 0 Å². The van der Waals surface area contributed by atoms with Gasteiger partial charge < -0.3 is 15.5 Å². The van der Waals surface area contributed by atoms with Crippen LogP contribution in [0.2, 0.25) is 0 Å². The first-order valence-electron chi connectivity index (χ1n) is 11.5. The van der Waals surface area contributed by atoms with Gasteiger partial charge in [-0.3, -0.25) is 0 Å². The predicted molar refractivity (Wildman–Crippen MR) is 131 cm³/mol. The molecular weight excluding hydrogens is 382 g/mol. The van der Waals surface area contributed by atoms with Crippen LogP contribution < -0.4 is 15.5 Å². The highest BCUT2D eigenvalue weighted by molar-refractivity contribution is 5.90. The minimum absolute atomic E-state index is 0.451. The Morgan fingerprint density at radius 3 is 2.35 bits per heavy atom. The lowest BCUT2D eigenvalue weighted by molar-refractivity contribution is 0.324. The molecule has 0 saturated heterocycles. The molecule has 0 bridgehead atoms. The molecule has 0 amide bonds. The van der Waals surface area contributed by atoms with Gasteiger partial charge >= 0.3 is 0 Å². The quantitative estimate of drug-likeness (QED) is 0.562. The number of nitrogens with one attached hydrogen (secondary N) is 2. The van der Waals surface area contributed by atoms with Crippen LogP contribution in [0.15, 0.2) is 42.5 Å². The summed E-state index contributed by atoms with van der Waals surface area (Å²) in [5.41, 5.74) is 5.07. The van der Waals surface area contributed by atoms with Crippen molar-refractivity contribution in [2.75, 3.05) is 30.9 Å². The molecule has 2 N–H and O–H groups in total. The van der Waals surface area contributed by atoms with Crippen LogP contribution in [-0.4, -0.2) is 36.6 Å². The van der Waals surface area contributed by atoms with E-state index in [-0.39, 0.29) is 0 Å². The van der Waals surface area contributed by atoms with Crippen LogP contribution in [0.5, 0.6) is 0 Å². The molecule has 0 unspecified atom stereocenters. The van der Waals surface area contributed by atoms with Gasteiger partial charge in [0, 0.05) is 32.1 Å². The number of fused-ring (bicyclic) bond motifs is 1. The van der Waals surface area contributed by atoms with Crippen molar-refractivity contribution in [1.82, 2.24) is 15.3 Å². The molecule has 4 rings (SSSR count). The number of aromatic nitrogens is 2. The van der Waals surface area contributed by atoms with Crippen LogP contribution in [0.1, 0.15) is 42.4 Å². The van der Waals surface area contributed by atoms with E-state index in [0.717, 1.165) is 41.7 Å². The van der Waals surface area contributed by atoms with Gasteiger partial charge in [-0.1, -0.05) is 41.5 Å². The highest BCUT2D eigenvalue weighted by Gasteiger charge is 2.22. The lowest BCUT2D eigenvalue weighted by Crippen LogP contribution is -2.31. The average molecular weight is 418 g/mol. The molecular formula is C26H35N5. The third kappa shape index (κ3) is 5.53. The molecule has 1 aromatic heterocycles. The fourth-order valence-electron chi connectivity index (χ4n) is 4.75. The molecule has 1 heterocycles. The fourth-order valence-corrected chi connectivity index (χ4v) is 4.75. The smallest absolute Gasteiger partial charge is 0.225 e. The van der Waals surface area contributed by atoms with Crippen LogP contribution >= 0.6 is 0 Å². The maximum Gasteiger partial charge on any atom is 0.225 e. The molecule has 1 saturated carbocycles. The number of nitrogens with zero attached hydrogens (tertiary/aromatic N) is 3. The standard InChI is InChI=1S/C26H35N5/c1-18-13-19(2)15-21(14-18)17-27-16-20-9-11-22(12-10-20)28-26-29-24-8-6-5-7-23(24)25(30-26)31(3)4/h5-8,13-15,20,22,27H,9-12,16-17H2,1-4H3,(H,28,29,30). The first kappa shape index (κ1) is 21.6. The second-order valence-corrected chi connectivity index (χ2v) is 9.27. The van der Waals surface area contributed by atoms with Gasteiger partial charge in [0.05, 0.1) is 5.52 Å². The second kappa shape index (κ2) is 9.65. The van der Waals surface area contributed by atoms with Crippen LogP contribution in [0.3, 0.4) is 0 Å². The first-order valence-corrected chi connectivity index (χ1v) is 11.5. The Morgan fingerprint density at radius 1 is 0.935 bits per heavy atom. The van der Waals surface area contributed by atoms with Gasteiger partial charge in [-0.05, 0) is 69.7 Å². The van der Waals surface area contributed by atoms with Gasteiger partial charge in [0.15, 0.2) is 0 Å². The SMILES string of the molecule is Cc1cc(C)cc(CNCC2CCC(Nc3nc(N(C)C)c4ccccc4n3)CC2)c1. The number of hydrogen-bond acceptors (Lipinski definition) is 5. The van der Waals surface area contributed by atoms with Crippen LogP contribution in [0.25, 0.3) is 10.9 Å². The molecule has 31 heavy (non-hydrogen) atoms. The number of benzene rings is 2. The first-order chi connectivity index (χ1) is 15.0. The largest absolute Gasteiger partial charge is 0.362 e. The summed E-state index contributed by atoms with van der Waals surface area (Å²) in [5.74, 6) is 2.47. The van der Waals surface area contributed by atoms with E-state index in [1.165, 1.54) is 42.4 Å². The summed E-state index contributed by atoms with van der Waals surface area (Å²) in [6, 6.07) is 15.5. The monoisotopic (exact) mass is 417 g/mol. The third-order valence-corrected chi connectivity index (χ3v) is 6.23. The molecule has 1 aliphatic rings. The minimum atomic E-state index is 0.451. The molecule has 5 heteroatoms. The molecule has 1 fully saturated rings. The zero-order valence-corrected chi connectivity index (χ0v) is 19.3. The van der Waals surface area contributed by atoms with Crippen molar-refractivity contribution in [3.63, 3.8) is 0 Å². The lowest BCUT2D eigenvalue weighted by atomic mass is 9.86. The van der Waals surface area contributed by atoms with E-state index in [2.05, 4.69) is 59.7 Å². The third-order valence-electron chi connectivity index (χ3n) is 6.23. The highest BCUT2D eigenvalue weighted by atomic mass is 15.2. The predicted octanol–water partition coefficient (Wildman–Crippen LogP) is 5.07. The number of anilines is 2. The number of aryl methyl sites for hydroxylation is 2. The van der Waals surface area contributed by atoms with Gasteiger partial charge in [0.25, 0.3) is 0 Å². The van der Waals surface area contributed by atoms with Crippen LogP contribution in [0, 0.1) is 19.8 Å². The van der Waals surface area contributed by atoms with E-state index < -0.39 is 0 Å². The molecule has 0 radical (unpaired) electrons. The maximum absolute atomic E-state index is 4.80. The Bertz CT molecular complexity index is 1000. The Hall–Kier alpha value is -2.66. The summed E-state index contributed by atoms with van der Waals surface area (Å²) in [5, 5.41) is 8.39. The normalized spacial score (nSPS) is 18.8. The summed E-state index contributed by atoms with van der Waals surface area (Å²) in [4.78, 5) is 11.6. The molecule has 5 nitrogen and oxygen atoms in total. The van der Waals surface area contributed by atoms with E-state index in [0.29, 0.717) is 6.04 Å². The van der Waals surface area contributed by atoms with Gasteiger partial charge in [-0.25, -0.2) is 4.98 Å². The van der Waals surface area contributed by atoms with E-state index >= 15 is 0 Å². The van der Waals surface area contributed by atoms with E-state index in [1.807, 2.05) is 26.2 Å². The molecule has 3 aromatic rings. The summed E-state index contributed by atoms with van der Waals surface area (Å²) < 4.78 is 0. The van der Waals surface area contributed by atoms with Gasteiger partial charge in [-0.15, -0.1) is 0 Å². The lowest BCUT2D eigenvalue weighted by Gasteiger charge is -2.29. The number of hydrogen-bond donors (Lipinski definition) is 2. The molecule has 0 aliphatic heterocycles. The Morgan fingerprint density at radius 2 is 1.65 bits per heavy atom. The van der Waals surface area contributed by atoms with Crippen LogP contribution in [-0.2, 0) is 6.54 Å². The van der Waals surface area contributed by atoms with Crippen molar-refractivity contribution in [2.45, 2.75) is 52.1 Å². The van der Waals surface area contributed by atoms with Crippen molar-refractivity contribution in [3.8, 4) is 0 Å². The van der Waals surface area contributed by atoms with E-state index in [9.17, 15) is 0 Å². The zero-order valence-electron chi connectivity index (χ0n) is 19.3. The maximum atomic E-state index is 4.80. The summed E-state index contributed by atoms with van der Waals surface area (Å²) in [6.45, 7) is 6.40. The summed E-state index contributed by atoms with van der Waals surface area (Å²) in [6.07, 6.45) is 4.82.